The molecule has 5 nitrogen and oxygen atoms in total. The maximum atomic E-state index is 6.12. The summed E-state index contributed by atoms with van der Waals surface area (Å²) >= 11 is 0. The van der Waals surface area contributed by atoms with Crippen LogP contribution in [0.5, 0.6) is 5.75 Å². The molecule has 0 unspecified atom stereocenters. The average molecular weight is 302 g/mol. The van der Waals surface area contributed by atoms with Crippen molar-refractivity contribution in [2.45, 2.75) is 33.2 Å². The molecule has 5 heteroatoms. The molecule has 0 saturated carbocycles. The summed E-state index contributed by atoms with van der Waals surface area (Å²) in [6, 6.07) is 9.71. The van der Waals surface area contributed by atoms with E-state index in [1.807, 2.05) is 30.3 Å². The van der Waals surface area contributed by atoms with E-state index in [-0.39, 0.29) is 0 Å². The molecular formula is C17H26N4O. The molecular weight excluding hydrogens is 276 g/mol. The largest absolute Gasteiger partial charge is 0.497 e. The highest BCUT2D eigenvalue weighted by Crippen LogP contribution is 2.19. The minimum Gasteiger partial charge on any atom is -0.497 e. The Kier molecular flexibility index (Phi) is 5.83. The maximum absolute atomic E-state index is 6.12. The maximum Gasteiger partial charge on any atom is 0.127 e. The van der Waals surface area contributed by atoms with E-state index in [9.17, 15) is 0 Å². The van der Waals surface area contributed by atoms with Gasteiger partial charge < -0.3 is 10.5 Å². The van der Waals surface area contributed by atoms with Gasteiger partial charge in [0.2, 0.25) is 0 Å². The van der Waals surface area contributed by atoms with Gasteiger partial charge >= 0.3 is 0 Å². The zero-order valence-electron chi connectivity index (χ0n) is 13.7. The van der Waals surface area contributed by atoms with E-state index >= 15 is 0 Å². The second-order valence-electron chi connectivity index (χ2n) is 5.45. The molecule has 0 aliphatic carbocycles. The Balaban J connectivity index is 2.15. The molecule has 0 aliphatic heterocycles. The summed E-state index contributed by atoms with van der Waals surface area (Å²) in [5.41, 5.74) is 8.07. The van der Waals surface area contributed by atoms with E-state index in [1.54, 1.807) is 11.8 Å². The molecule has 2 N–H and O–H groups in total. The van der Waals surface area contributed by atoms with Crippen LogP contribution in [0.4, 0.5) is 5.82 Å². The van der Waals surface area contributed by atoms with Gasteiger partial charge in [-0.25, -0.2) is 4.68 Å². The SMILES string of the molecule is CCCN(CCC)Cc1cc(N)n(-c2ccc(OC)cc2)n1. The summed E-state index contributed by atoms with van der Waals surface area (Å²) < 4.78 is 6.96. The van der Waals surface area contributed by atoms with Crippen LogP contribution in [0.15, 0.2) is 30.3 Å². The number of hydrogen-bond donors (Lipinski definition) is 1. The van der Waals surface area contributed by atoms with E-state index in [4.69, 9.17) is 10.5 Å². The fraction of sp³-hybridized carbons (Fsp3) is 0.471. The third kappa shape index (κ3) is 4.01. The molecule has 0 saturated heterocycles. The molecule has 0 radical (unpaired) electrons. The first-order valence-corrected chi connectivity index (χ1v) is 7.89. The van der Waals surface area contributed by atoms with Gasteiger partial charge in [-0.3, -0.25) is 4.90 Å². The summed E-state index contributed by atoms with van der Waals surface area (Å²) in [6.07, 6.45) is 2.29. The van der Waals surface area contributed by atoms with Crippen molar-refractivity contribution in [1.29, 1.82) is 0 Å². The lowest BCUT2D eigenvalue weighted by molar-refractivity contribution is 0.263. The first-order chi connectivity index (χ1) is 10.7. The number of nitrogens with zero attached hydrogens (tertiary/aromatic N) is 3. The summed E-state index contributed by atoms with van der Waals surface area (Å²) in [6.45, 7) is 7.42. The monoisotopic (exact) mass is 302 g/mol. The van der Waals surface area contributed by atoms with Crippen molar-refractivity contribution in [3.63, 3.8) is 0 Å². The van der Waals surface area contributed by atoms with Crippen LogP contribution in [0.25, 0.3) is 5.69 Å². The number of ether oxygens (including phenoxy) is 1. The van der Waals surface area contributed by atoms with Crippen molar-refractivity contribution in [2.24, 2.45) is 0 Å². The van der Waals surface area contributed by atoms with Gasteiger partial charge in [-0.2, -0.15) is 5.10 Å². The molecule has 0 atom stereocenters. The third-order valence-electron chi connectivity index (χ3n) is 3.57. The Morgan fingerprint density at radius 3 is 2.32 bits per heavy atom. The topological polar surface area (TPSA) is 56.3 Å². The van der Waals surface area contributed by atoms with Crippen LogP contribution in [0.3, 0.4) is 0 Å². The van der Waals surface area contributed by atoms with Crippen LogP contribution in [-0.4, -0.2) is 34.9 Å². The van der Waals surface area contributed by atoms with Gasteiger partial charge in [0.25, 0.3) is 0 Å². The van der Waals surface area contributed by atoms with Crippen molar-refractivity contribution in [1.82, 2.24) is 14.7 Å². The van der Waals surface area contributed by atoms with Crippen molar-refractivity contribution >= 4 is 5.82 Å². The number of rotatable bonds is 8. The Labute approximate surface area is 132 Å². The lowest BCUT2D eigenvalue weighted by Gasteiger charge is -2.19. The van der Waals surface area contributed by atoms with Crippen LogP contribution in [0, 0.1) is 0 Å². The van der Waals surface area contributed by atoms with Gasteiger partial charge in [-0.1, -0.05) is 13.8 Å². The molecule has 1 heterocycles. The molecule has 0 bridgehead atoms. The van der Waals surface area contributed by atoms with Crippen LogP contribution < -0.4 is 10.5 Å². The van der Waals surface area contributed by atoms with Gasteiger partial charge in [0.15, 0.2) is 0 Å². The molecule has 1 aromatic carbocycles. The molecule has 22 heavy (non-hydrogen) atoms. The number of nitrogen functional groups attached to an aromatic ring is 1. The number of methoxy groups -OCH3 is 1. The van der Waals surface area contributed by atoms with Crippen LogP contribution in [0.1, 0.15) is 32.4 Å². The zero-order chi connectivity index (χ0) is 15.9. The standard InChI is InChI=1S/C17H26N4O/c1-4-10-20(11-5-2)13-14-12-17(18)21(19-14)15-6-8-16(22-3)9-7-15/h6-9,12H,4-5,10-11,13,18H2,1-3H3. The van der Waals surface area contributed by atoms with Crippen molar-refractivity contribution in [3.05, 3.63) is 36.0 Å². The molecule has 0 aliphatic rings. The van der Waals surface area contributed by atoms with Gasteiger partial charge in [-0.15, -0.1) is 0 Å². The first-order valence-electron chi connectivity index (χ1n) is 7.89. The zero-order valence-corrected chi connectivity index (χ0v) is 13.7. The van der Waals surface area contributed by atoms with Gasteiger partial charge in [-0.05, 0) is 50.2 Å². The first kappa shape index (κ1) is 16.4. The Morgan fingerprint density at radius 1 is 1.14 bits per heavy atom. The number of benzene rings is 1. The quantitative estimate of drug-likeness (QED) is 0.814. The van der Waals surface area contributed by atoms with E-state index < -0.39 is 0 Å². The van der Waals surface area contributed by atoms with Gasteiger partial charge in [0.1, 0.15) is 11.6 Å². The Hall–Kier alpha value is -2.01. The summed E-state index contributed by atoms with van der Waals surface area (Å²) in [5.74, 6) is 1.49. The van der Waals surface area contributed by atoms with Gasteiger partial charge in [0, 0.05) is 12.6 Å². The molecule has 2 aromatic rings. The minimum atomic E-state index is 0.660. The van der Waals surface area contributed by atoms with E-state index in [0.717, 1.165) is 49.6 Å². The van der Waals surface area contributed by atoms with Crippen LogP contribution in [-0.2, 0) is 6.54 Å². The third-order valence-corrected chi connectivity index (χ3v) is 3.57. The molecule has 0 spiro atoms. The van der Waals surface area contributed by atoms with Gasteiger partial charge in [0.05, 0.1) is 18.5 Å². The van der Waals surface area contributed by atoms with E-state index in [1.165, 1.54) is 0 Å². The van der Waals surface area contributed by atoms with Crippen LogP contribution >= 0.6 is 0 Å². The predicted molar refractivity (Wildman–Crippen MR) is 90.4 cm³/mol. The highest BCUT2D eigenvalue weighted by molar-refractivity contribution is 5.44. The van der Waals surface area contributed by atoms with Crippen molar-refractivity contribution in [3.8, 4) is 11.4 Å². The number of anilines is 1. The number of aromatic nitrogens is 2. The van der Waals surface area contributed by atoms with E-state index in [0.29, 0.717) is 5.82 Å². The normalized spacial score (nSPS) is 11.1. The van der Waals surface area contributed by atoms with E-state index in [2.05, 4.69) is 23.8 Å². The fourth-order valence-electron chi connectivity index (χ4n) is 2.59. The molecule has 120 valence electrons. The molecule has 0 amide bonds. The predicted octanol–water partition coefficient (Wildman–Crippen LogP) is 3.09. The smallest absolute Gasteiger partial charge is 0.127 e. The number of hydrogen-bond acceptors (Lipinski definition) is 4. The highest BCUT2D eigenvalue weighted by atomic mass is 16.5. The minimum absolute atomic E-state index is 0.660. The van der Waals surface area contributed by atoms with Crippen LogP contribution in [0.2, 0.25) is 0 Å². The second kappa shape index (κ2) is 7.84. The summed E-state index contributed by atoms with van der Waals surface area (Å²) in [7, 11) is 1.66. The average Bonchev–Trinajstić information content (AvgIpc) is 2.88. The lowest BCUT2D eigenvalue weighted by atomic mass is 10.3. The highest BCUT2D eigenvalue weighted by Gasteiger charge is 2.10. The van der Waals surface area contributed by atoms with Crippen molar-refractivity contribution < 1.29 is 4.74 Å². The fourth-order valence-corrected chi connectivity index (χ4v) is 2.59. The summed E-state index contributed by atoms with van der Waals surface area (Å²) in [4.78, 5) is 2.42. The second-order valence-corrected chi connectivity index (χ2v) is 5.45. The Bertz CT molecular complexity index is 571. The van der Waals surface area contributed by atoms with Crippen molar-refractivity contribution in [2.75, 3.05) is 25.9 Å². The summed E-state index contributed by atoms with van der Waals surface area (Å²) in [5, 5.41) is 4.65. The Morgan fingerprint density at radius 2 is 1.77 bits per heavy atom. The number of nitrogens with two attached hydrogens (primary N) is 1. The lowest BCUT2D eigenvalue weighted by Crippen LogP contribution is -2.25. The molecule has 2 rings (SSSR count). The molecule has 1 aromatic heterocycles. The molecule has 0 fully saturated rings.